The first-order valence-corrected chi connectivity index (χ1v) is 11.8. The van der Waals surface area contributed by atoms with Gasteiger partial charge in [-0.15, -0.1) is 0 Å². The number of allylic oxidation sites excluding steroid dienone is 4. The maximum absolute atomic E-state index is 6.28. The first-order chi connectivity index (χ1) is 17.6. The predicted molar refractivity (Wildman–Crippen MR) is 146 cm³/mol. The van der Waals surface area contributed by atoms with Crippen LogP contribution in [0.4, 0.5) is 22.9 Å². The van der Waals surface area contributed by atoms with E-state index in [1.807, 2.05) is 92.9 Å². The van der Waals surface area contributed by atoms with Gasteiger partial charge < -0.3 is 18.8 Å². The lowest BCUT2D eigenvalue weighted by atomic mass is 10.1. The van der Waals surface area contributed by atoms with E-state index in [1.54, 1.807) is 6.26 Å². The number of anilines is 4. The molecule has 0 aliphatic carbocycles. The van der Waals surface area contributed by atoms with Crippen LogP contribution in [0.15, 0.2) is 120 Å². The number of fused-ring (bicyclic) bond motifs is 2. The highest BCUT2D eigenvalue weighted by molar-refractivity contribution is 5.76. The summed E-state index contributed by atoms with van der Waals surface area (Å²) in [5.74, 6) is 3.34. The zero-order chi connectivity index (χ0) is 25.1. The number of ether oxygens (including phenoxy) is 2. The van der Waals surface area contributed by atoms with Crippen LogP contribution < -0.4 is 19.3 Å². The smallest absolute Gasteiger partial charge is 0.204 e. The van der Waals surface area contributed by atoms with Crippen molar-refractivity contribution in [2.24, 2.45) is 0 Å². The van der Waals surface area contributed by atoms with Gasteiger partial charge in [0, 0.05) is 42.3 Å². The van der Waals surface area contributed by atoms with Gasteiger partial charge in [0.2, 0.25) is 5.88 Å². The summed E-state index contributed by atoms with van der Waals surface area (Å²) in [5, 5.41) is 0. The van der Waals surface area contributed by atoms with Gasteiger partial charge in [0.1, 0.15) is 0 Å². The molecule has 36 heavy (non-hydrogen) atoms. The zero-order valence-corrected chi connectivity index (χ0v) is 20.6. The molecule has 1 aromatic heterocycles. The van der Waals surface area contributed by atoms with Gasteiger partial charge in [0.15, 0.2) is 23.0 Å². The van der Waals surface area contributed by atoms with Gasteiger partial charge in [-0.05, 0) is 74.0 Å². The van der Waals surface area contributed by atoms with Crippen LogP contribution in [-0.4, -0.2) is 7.05 Å². The Labute approximate surface area is 211 Å². The van der Waals surface area contributed by atoms with E-state index in [9.17, 15) is 0 Å². The Kier molecular flexibility index (Phi) is 6.37. The number of benzene rings is 3. The number of hydrogen-bond acceptors (Lipinski definition) is 5. The zero-order valence-electron chi connectivity index (χ0n) is 20.6. The normalized spacial score (nSPS) is 12.4. The molecule has 1 aliphatic rings. The van der Waals surface area contributed by atoms with E-state index in [4.69, 9.17) is 13.9 Å². The molecule has 1 aliphatic heterocycles. The Morgan fingerprint density at radius 3 is 2.14 bits per heavy atom. The molecule has 2 heterocycles. The second-order valence-electron chi connectivity index (χ2n) is 8.47. The molecule has 0 bridgehead atoms. The Morgan fingerprint density at radius 2 is 1.50 bits per heavy atom. The molecule has 0 unspecified atom stereocenters. The van der Waals surface area contributed by atoms with Gasteiger partial charge in [-0.25, -0.2) is 0 Å². The minimum absolute atomic E-state index is 0.644. The van der Waals surface area contributed by atoms with Crippen molar-refractivity contribution in [3.8, 4) is 23.0 Å². The van der Waals surface area contributed by atoms with Gasteiger partial charge >= 0.3 is 0 Å². The molecule has 0 radical (unpaired) electrons. The standard InChI is InChI=1S/C31H28N2O3/c1-5-7-11-23(6-2)32(4)24-14-16-27-29(20-24)35-28-17-15-26(21-30(28)36-27)33(31-13-9-18-34-31)25-12-8-10-22(3)19-25/h5-21H,2H2,1,3-4H3/b7-5-,23-11+. The summed E-state index contributed by atoms with van der Waals surface area (Å²) in [4.78, 5) is 4.11. The van der Waals surface area contributed by atoms with Crippen LogP contribution in [0.3, 0.4) is 0 Å². The molecule has 0 atom stereocenters. The molecule has 3 aromatic carbocycles. The second kappa shape index (κ2) is 9.92. The molecule has 0 saturated heterocycles. The van der Waals surface area contributed by atoms with E-state index >= 15 is 0 Å². The third-order valence-corrected chi connectivity index (χ3v) is 5.98. The van der Waals surface area contributed by atoms with Gasteiger partial charge in [-0.1, -0.05) is 30.9 Å². The minimum Gasteiger partial charge on any atom is -0.449 e. The van der Waals surface area contributed by atoms with E-state index in [2.05, 4.69) is 41.5 Å². The van der Waals surface area contributed by atoms with Crippen molar-refractivity contribution in [1.82, 2.24) is 0 Å². The van der Waals surface area contributed by atoms with Crippen molar-refractivity contribution in [3.05, 3.63) is 121 Å². The summed E-state index contributed by atoms with van der Waals surface area (Å²) in [6, 6.07) is 23.9. The van der Waals surface area contributed by atoms with Crippen LogP contribution in [0.1, 0.15) is 12.5 Å². The third kappa shape index (κ3) is 4.51. The molecule has 5 heteroatoms. The Hall–Kier alpha value is -4.64. The maximum Gasteiger partial charge on any atom is 0.204 e. The first kappa shape index (κ1) is 23.1. The Bertz CT molecular complexity index is 1450. The topological polar surface area (TPSA) is 38.1 Å². The number of rotatable bonds is 7. The van der Waals surface area contributed by atoms with E-state index in [0.29, 0.717) is 28.9 Å². The van der Waals surface area contributed by atoms with Crippen molar-refractivity contribution < 1.29 is 13.9 Å². The van der Waals surface area contributed by atoms with Crippen molar-refractivity contribution in [1.29, 1.82) is 0 Å². The van der Waals surface area contributed by atoms with Crippen LogP contribution in [-0.2, 0) is 0 Å². The first-order valence-electron chi connectivity index (χ1n) is 11.8. The van der Waals surface area contributed by atoms with Gasteiger partial charge in [-0.2, -0.15) is 0 Å². The number of hydrogen-bond donors (Lipinski definition) is 0. The minimum atomic E-state index is 0.644. The molecule has 180 valence electrons. The third-order valence-electron chi connectivity index (χ3n) is 5.98. The average Bonchev–Trinajstić information content (AvgIpc) is 3.42. The lowest BCUT2D eigenvalue weighted by Crippen LogP contribution is -2.15. The number of nitrogens with zero attached hydrogens (tertiary/aromatic N) is 2. The van der Waals surface area contributed by atoms with Crippen molar-refractivity contribution in [2.75, 3.05) is 16.8 Å². The van der Waals surface area contributed by atoms with Crippen molar-refractivity contribution >= 4 is 22.9 Å². The number of furan rings is 1. The monoisotopic (exact) mass is 476 g/mol. The van der Waals surface area contributed by atoms with Gasteiger partial charge in [0.05, 0.1) is 12.0 Å². The summed E-state index contributed by atoms with van der Waals surface area (Å²) in [7, 11) is 2.00. The molecular weight excluding hydrogens is 448 g/mol. The summed E-state index contributed by atoms with van der Waals surface area (Å²) in [6.45, 7) is 7.99. The summed E-state index contributed by atoms with van der Waals surface area (Å²) in [5.41, 5.74) is 5.01. The number of aryl methyl sites for hydroxylation is 1. The molecule has 5 nitrogen and oxygen atoms in total. The molecule has 0 amide bonds. The summed E-state index contributed by atoms with van der Waals surface area (Å²) < 4.78 is 18.3. The maximum atomic E-state index is 6.28. The van der Waals surface area contributed by atoms with E-state index in [1.165, 1.54) is 0 Å². The highest BCUT2D eigenvalue weighted by Crippen LogP contribution is 2.49. The van der Waals surface area contributed by atoms with E-state index in [-0.39, 0.29) is 0 Å². The van der Waals surface area contributed by atoms with Crippen LogP contribution >= 0.6 is 0 Å². The SMILES string of the molecule is C=C/C(=C\C=C/C)N(C)c1ccc2c(c1)Oc1ccc(N(c3cccc(C)c3)c3ccco3)cc1O2. The molecule has 0 N–H and O–H groups in total. The molecule has 5 rings (SSSR count). The Morgan fingerprint density at radius 1 is 0.806 bits per heavy atom. The van der Waals surface area contributed by atoms with Crippen molar-refractivity contribution in [2.45, 2.75) is 13.8 Å². The molecular formula is C31H28N2O3. The highest BCUT2D eigenvalue weighted by atomic mass is 16.6. The fraction of sp³-hybridized carbons (Fsp3) is 0.0968. The predicted octanol–water partition coefficient (Wildman–Crippen LogP) is 9.04. The Balaban J connectivity index is 1.47. The molecule has 4 aromatic rings. The lowest BCUT2D eigenvalue weighted by Gasteiger charge is -2.27. The second-order valence-corrected chi connectivity index (χ2v) is 8.47. The molecule has 0 fully saturated rings. The van der Waals surface area contributed by atoms with Gasteiger partial charge in [0.25, 0.3) is 0 Å². The molecule has 0 spiro atoms. The summed E-state index contributed by atoms with van der Waals surface area (Å²) in [6.07, 6.45) is 9.49. The van der Waals surface area contributed by atoms with Crippen LogP contribution in [0, 0.1) is 6.92 Å². The van der Waals surface area contributed by atoms with Crippen molar-refractivity contribution in [3.63, 3.8) is 0 Å². The van der Waals surface area contributed by atoms with Crippen LogP contribution in [0.25, 0.3) is 0 Å². The lowest BCUT2D eigenvalue weighted by molar-refractivity contribution is 0.360. The quantitative estimate of drug-likeness (QED) is 0.219. The summed E-state index contributed by atoms with van der Waals surface area (Å²) >= 11 is 0. The molecule has 0 saturated carbocycles. The van der Waals surface area contributed by atoms with Gasteiger partial charge in [-0.3, -0.25) is 4.90 Å². The number of likely N-dealkylation sites (N-methyl/N-ethyl adjacent to an activating group) is 1. The fourth-order valence-electron chi connectivity index (χ4n) is 4.13. The van der Waals surface area contributed by atoms with E-state index < -0.39 is 0 Å². The van der Waals surface area contributed by atoms with Crippen LogP contribution in [0.2, 0.25) is 0 Å². The van der Waals surface area contributed by atoms with Crippen LogP contribution in [0.5, 0.6) is 23.0 Å². The fourth-order valence-corrected chi connectivity index (χ4v) is 4.13. The highest BCUT2D eigenvalue weighted by Gasteiger charge is 2.23. The average molecular weight is 477 g/mol. The van der Waals surface area contributed by atoms with E-state index in [0.717, 1.165) is 28.3 Å². The largest absolute Gasteiger partial charge is 0.449 e.